The molecule has 1 fully saturated rings. The lowest BCUT2D eigenvalue weighted by atomic mass is 9.97. The van der Waals surface area contributed by atoms with Crippen molar-refractivity contribution in [1.29, 1.82) is 5.26 Å². The summed E-state index contributed by atoms with van der Waals surface area (Å²) in [7, 11) is -0.651. The summed E-state index contributed by atoms with van der Waals surface area (Å²) in [5.41, 5.74) is 1.09. The molecular formula is C29H38N8O5S. The predicted molar refractivity (Wildman–Crippen MR) is 158 cm³/mol. The zero-order valence-electron chi connectivity index (χ0n) is 25.2. The summed E-state index contributed by atoms with van der Waals surface area (Å²) in [6.45, 7) is 6.07. The molecule has 0 atom stereocenters. The number of anilines is 1. The van der Waals surface area contributed by atoms with E-state index in [1.165, 1.54) is 26.3 Å². The summed E-state index contributed by atoms with van der Waals surface area (Å²) >= 11 is 0. The van der Waals surface area contributed by atoms with Crippen molar-refractivity contribution in [3.05, 3.63) is 60.6 Å². The molecule has 1 aliphatic rings. The number of imidazole rings is 2. The van der Waals surface area contributed by atoms with Gasteiger partial charge in [-0.15, -0.1) is 0 Å². The van der Waals surface area contributed by atoms with Gasteiger partial charge in [-0.05, 0) is 63.8 Å². The molecule has 1 saturated heterocycles. The molecule has 0 bridgehead atoms. The van der Waals surface area contributed by atoms with Gasteiger partial charge in [0.2, 0.25) is 5.91 Å². The van der Waals surface area contributed by atoms with E-state index in [1.54, 1.807) is 53.3 Å². The molecular weight excluding hydrogens is 572 g/mol. The number of likely N-dealkylation sites (tertiary alicyclic amines) is 1. The van der Waals surface area contributed by atoms with Crippen LogP contribution in [0.3, 0.4) is 0 Å². The molecule has 0 saturated carbocycles. The number of carbonyl (C=O) groups is 2. The fraction of sp³-hybridized carbons (Fsp3) is 0.483. The zero-order valence-corrected chi connectivity index (χ0v) is 26.0. The van der Waals surface area contributed by atoms with Crippen LogP contribution < -0.4 is 4.90 Å². The van der Waals surface area contributed by atoms with Gasteiger partial charge >= 0.3 is 6.09 Å². The fourth-order valence-corrected chi connectivity index (χ4v) is 6.22. The van der Waals surface area contributed by atoms with Crippen LogP contribution in [0.15, 0.2) is 54.3 Å². The third kappa shape index (κ3) is 7.99. The van der Waals surface area contributed by atoms with Crippen molar-refractivity contribution in [3.63, 3.8) is 0 Å². The van der Waals surface area contributed by atoms with E-state index in [-0.39, 0.29) is 24.0 Å². The average Bonchev–Trinajstić information content (AvgIpc) is 3.58. The molecule has 2 aromatic heterocycles. The first-order chi connectivity index (χ1) is 20.3. The molecule has 2 amide bonds. The van der Waals surface area contributed by atoms with Crippen molar-refractivity contribution in [2.45, 2.75) is 50.8 Å². The number of nitriles is 1. The number of nitrogens with zero attached hydrogens (tertiary/aromatic N) is 8. The topological polar surface area (TPSA) is 147 Å². The average molecular weight is 611 g/mol. The van der Waals surface area contributed by atoms with Crippen LogP contribution in [0.5, 0.6) is 0 Å². The van der Waals surface area contributed by atoms with E-state index >= 15 is 0 Å². The van der Waals surface area contributed by atoms with Crippen LogP contribution in [0.25, 0.3) is 0 Å². The maximum Gasteiger partial charge on any atom is 0.410 e. The highest BCUT2D eigenvalue weighted by Gasteiger charge is 2.35. The molecule has 230 valence electrons. The molecule has 4 rings (SSSR count). The van der Waals surface area contributed by atoms with Crippen LogP contribution in [0.2, 0.25) is 0 Å². The minimum atomic E-state index is -4.14. The highest BCUT2D eigenvalue weighted by atomic mass is 32.2. The number of benzene rings is 1. The van der Waals surface area contributed by atoms with Gasteiger partial charge in [-0.25, -0.2) is 23.2 Å². The lowest BCUT2D eigenvalue weighted by molar-refractivity contribution is -0.119. The Kier molecular flexibility index (Phi) is 9.56. The molecule has 1 aliphatic heterocycles. The Bertz CT molecular complexity index is 1580. The van der Waals surface area contributed by atoms with Crippen molar-refractivity contribution < 1.29 is 22.7 Å². The van der Waals surface area contributed by atoms with Crippen molar-refractivity contribution in [2.24, 2.45) is 20.0 Å². The number of aryl methyl sites for hydroxylation is 2. The Morgan fingerprint density at radius 1 is 1.12 bits per heavy atom. The van der Waals surface area contributed by atoms with Crippen LogP contribution in [-0.4, -0.2) is 80.5 Å². The Morgan fingerprint density at radius 3 is 2.33 bits per heavy atom. The standard InChI is InChI=1S/C29H38N8O5S/c1-29(2,3)42-28(39)35-12-10-23(11-13-35)16-36(43(40,41)26-18-33(4)21-32-26)19-27(38)37(17-25-15-31-20-34(25)5)24-8-6-22(14-30)7-9-24/h6-9,15,18,20-21,23H,10-13,16-17,19H2,1-5H3. The lowest BCUT2D eigenvalue weighted by Gasteiger charge is -2.35. The van der Waals surface area contributed by atoms with Crippen molar-refractivity contribution in [1.82, 2.24) is 28.3 Å². The second-order valence-electron chi connectivity index (χ2n) is 11.7. The Hall–Kier alpha value is -4.22. The molecule has 43 heavy (non-hydrogen) atoms. The van der Waals surface area contributed by atoms with Gasteiger partial charge in [-0.3, -0.25) is 4.79 Å². The highest BCUT2D eigenvalue weighted by Crippen LogP contribution is 2.25. The second kappa shape index (κ2) is 13.0. The molecule has 14 heteroatoms. The molecule has 3 heterocycles. The second-order valence-corrected chi connectivity index (χ2v) is 13.6. The minimum Gasteiger partial charge on any atom is -0.444 e. The molecule has 3 aromatic rings. The number of rotatable bonds is 9. The van der Waals surface area contributed by atoms with E-state index in [1.807, 2.05) is 27.8 Å². The molecule has 0 radical (unpaired) electrons. The van der Waals surface area contributed by atoms with Gasteiger partial charge in [-0.2, -0.15) is 9.57 Å². The van der Waals surface area contributed by atoms with E-state index in [9.17, 15) is 23.3 Å². The van der Waals surface area contributed by atoms with Gasteiger partial charge in [0.1, 0.15) is 5.60 Å². The summed E-state index contributed by atoms with van der Waals surface area (Å²) in [5, 5.41) is 9.09. The van der Waals surface area contributed by atoms with Crippen molar-refractivity contribution in [3.8, 4) is 6.07 Å². The summed E-state index contributed by atoms with van der Waals surface area (Å²) in [5.74, 6) is -0.540. The van der Waals surface area contributed by atoms with Crippen molar-refractivity contribution in [2.75, 3.05) is 31.1 Å². The number of aromatic nitrogens is 4. The summed E-state index contributed by atoms with van der Waals surface area (Å²) < 4.78 is 37.7. The van der Waals surface area contributed by atoms with Crippen LogP contribution in [0, 0.1) is 17.2 Å². The largest absolute Gasteiger partial charge is 0.444 e. The summed E-state index contributed by atoms with van der Waals surface area (Å²) in [6.07, 6.45) is 6.78. The van der Waals surface area contributed by atoms with E-state index in [0.717, 1.165) is 5.69 Å². The van der Waals surface area contributed by atoms with Crippen LogP contribution in [0.1, 0.15) is 44.9 Å². The monoisotopic (exact) mass is 610 g/mol. The minimum absolute atomic E-state index is 0.0831. The van der Waals surface area contributed by atoms with E-state index in [2.05, 4.69) is 16.0 Å². The van der Waals surface area contributed by atoms with Gasteiger partial charge in [-0.1, -0.05) is 0 Å². The maximum absolute atomic E-state index is 14.0. The van der Waals surface area contributed by atoms with Crippen LogP contribution in [0.4, 0.5) is 10.5 Å². The fourth-order valence-electron chi connectivity index (χ4n) is 4.79. The third-order valence-electron chi connectivity index (χ3n) is 7.17. The molecule has 0 aliphatic carbocycles. The Labute approximate surface area is 252 Å². The molecule has 0 unspecified atom stereocenters. The van der Waals surface area contributed by atoms with E-state index in [0.29, 0.717) is 37.2 Å². The maximum atomic E-state index is 14.0. The van der Waals surface area contributed by atoms with Gasteiger partial charge < -0.3 is 23.7 Å². The number of hydrogen-bond donors (Lipinski definition) is 0. The first-order valence-electron chi connectivity index (χ1n) is 14.0. The lowest BCUT2D eigenvalue weighted by Crippen LogP contribution is -2.47. The number of piperidine rings is 1. The summed E-state index contributed by atoms with van der Waals surface area (Å²) in [4.78, 5) is 37.9. The van der Waals surface area contributed by atoms with E-state index in [4.69, 9.17) is 4.74 Å². The number of sulfonamides is 1. The zero-order chi connectivity index (χ0) is 31.4. The molecule has 1 aromatic carbocycles. The predicted octanol–water partition coefficient (Wildman–Crippen LogP) is 2.90. The first kappa shape index (κ1) is 31.7. The van der Waals surface area contributed by atoms with Gasteiger partial charge in [0, 0.05) is 51.8 Å². The molecule has 13 nitrogen and oxygen atoms in total. The normalized spacial score (nSPS) is 14.5. The number of ether oxygens (including phenoxy) is 1. The van der Waals surface area contributed by atoms with E-state index < -0.39 is 34.2 Å². The Morgan fingerprint density at radius 2 is 1.79 bits per heavy atom. The number of hydrogen-bond acceptors (Lipinski definition) is 8. The highest BCUT2D eigenvalue weighted by molar-refractivity contribution is 7.89. The number of amides is 2. The van der Waals surface area contributed by atoms with Gasteiger partial charge in [0.05, 0.1) is 43.1 Å². The Balaban J connectivity index is 1.58. The van der Waals surface area contributed by atoms with Crippen molar-refractivity contribution >= 4 is 27.7 Å². The number of carbonyl (C=O) groups excluding carboxylic acids is 2. The smallest absolute Gasteiger partial charge is 0.410 e. The van der Waals surface area contributed by atoms with Crippen LogP contribution >= 0.6 is 0 Å². The van der Waals surface area contributed by atoms with Crippen LogP contribution in [-0.2, 0) is 40.2 Å². The molecule has 0 N–H and O–H groups in total. The molecule has 0 spiro atoms. The first-order valence-corrected chi connectivity index (χ1v) is 15.4. The van der Waals surface area contributed by atoms with Gasteiger partial charge in [0.25, 0.3) is 10.0 Å². The third-order valence-corrected chi connectivity index (χ3v) is 8.87. The summed E-state index contributed by atoms with van der Waals surface area (Å²) in [6, 6.07) is 8.62. The SMILES string of the molecule is Cn1cnc(S(=O)(=O)N(CC(=O)N(Cc2cncn2C)c2ccc(C#N)cc2)CC2CCN(C(=O)OC(C)(C)C)CC2)c1. The van der Waals surface area contributed by atoms with Gasteiger partial charge in [0.15, 0.2) is 5.03 Å². The quantitative estimate of drug-likeness (QED) is 0.359.